The first-order chi connectivity index (χ1) is 14.1. The molecule has 0 radical (unpaired) electrons. The highest BCUT2D eigenvalue weighted by Gasteiger charge is 2.40. The van der Waals surface area contributed by atoms with Crippen LogP contribution in [0.5, 0.6) is 0 Å². The predicted octanol–water partition coefficient (Wildman–Crippen LogP) is 4.28. The van der Waals surface area contributed by atoms with Crippen LogP contribution < -0.4 is 10.6 Å². The molecule has 1 fully saturated rings. The smallest absolute Gasteiger partial charge is 0.226 e. The average Bonchev–Trinajstić information content (AvgIpc) is 3.36. The number of hydrogen-bond donors (Lipinski definition) is 2. The molecule has 0 aliphatic carbocycles. The fourth-order valence-corrected chi connectivity index (χ4v) is 4.60. The van der Waals surface area contributed by atoms with Gasteiger partial charge in [0, 0.05) is 29.7 Å². The molecular weight excluding hydrogens is 407 g/mol. The molecule has 8 heteroatoms. The summed E-state index contributed by atoms with van der Waals surface area (Å²) in [5.41, 5.74) is 1.48. The van der Waals surface area contributed by atoms with E-state index in [0.29, 0.717) is 17.3 Å². The van der Waals surface area contributed by atoms with Crippen LogP contribution in [0.15, 0.2) is 66.2 Å². The third kappa shape index (κ3) is 4.44. The molecule has 0 spiro atoms. The van der Waals surface area contributed by atoms with Crippen LogP contribution in [-0.4, -0.2) is 27.4 Å². The zero-order valence-electron chi connectivity index (χ0n) is 15.4. The second-order valence-corrected chi connectivity index (χ2v) is 8.01. The molecule has 148 valence electrons. The Hall–Kier alpha value is -2.84. The molecule has 0 saturated carbocycles. The first-order valence-corrected chi connectivity index (χ1v) is 10.5. The van der Waals surface area contributed by atoms with Crippen molar-refractivity contribution in [1.29, 1.82) is 0 Å². The van der Waals surface area contributed by atoms with Gasteiger partial charge in [0.25, 0.3) is 0 Å². The fourth-order valence-electron chi connectivity index (χ4n) is 3.39. The van der Waals surface area contributed by atoms with Gasteiger partial charge in [0.05, 0.1) is 17.8 Å². The Labute approximate surface area is 177 Å². The maximum absolute atomic E-state index is 13.0. The lowest BCUT2D eigenvalue weighted by molar-refractivity contribution is -0.116. The van der Waals surface area contributed by atoms with Gasteiger partial charge in [-0.2, -0.15) is 0 Å². The van der Waals surface area contributed by atoms with Crippen LogP contribution >= 0.6 is 23.6 Å². The Kier molecular flexibility index (Phi) is 5.82. The van der Waals surface area contributed by atoms with Gasteiger partial charge >= 0.3 is 0 Å². The quantitative estimate of drug-likeness (QED) is 0.576. The van der Waals surface area contributed by atoms with Crippen molar-refractivity contribution < 1.29 is 9.18 Å². The molecule has 2 aromatic heterocycles. The molecule has 4 rings (SSSR count). The summed E-state index contributed by atoms with van der Waals surface area (Å²) in [4.78, 5) is 20.1. The molecule has 1 amide bonds. The van der Waals surface area contributed by atoms with Crippen molar-refractivity contribution in [2.75, 3.05) is 11.9 Å². The molecule has 1 aliphatic rings. The number of thiocarbonyl (C=S) groups is 1. The molecule has 5 nitrogen and oxygen atoms in total. The van der Waals surface area contributed by atoms with Gasteiger partial charge in [-0.3, -0.25) is 9.78 Å². The molecule has 2 N–H and O–H groups in total. The van der Waals surface area contributed by atoms with Crippen LogP contribution in [0.25, 0.3) is 0 Å². The monoisotopic (exact) mass is 426 g/mol. The minimum absolute atomic E-state index is 0.0315. The van der Waals surface area contributed by atoms with Crippen molar-refractivity contribution in [2.24, 2.45) is 0 Å². The van der Waals surface area contributed by atoms with E-state index >= 15 is 0 Å². The minimum atomic E-state index is -0.337. The van der Waals surface area contributed by atoms with Crippen LogP contribution in [0.3, 0.4) is 0 Å². The van der Waals surface area contributed by atoms with Crippen molar-refractivity contribution in [1.82, 2.24) is 15.2 Å². The number of rotatable bonds is 6. The molecular formula is C21H19FN4OS2. The summed E-state index contributed by atoms with van der Waals surface area (Å²) in [6, 6.07) is 15.5. The Morgan fingerprint density at radius 2 is 2.03 bits per heavy atom. The second-order valence-electron chi connectivity index (χ2n) is 6.64. The number of halogens is 1. The highest BCUT2D eigenvalue weighted by atomic mass is 32.1. The first kappa shape index (κ1) is 19.5. The van der Waals surface area contributed by atoms with E-state index in [1.54, 1.807) is 29.7 Å². The topological polar surface area (TPSA) is 57.3 Å². The van der Waals surface area contributed by atoms with Crippen molar-refractivity contribution in [3.63, 3.8) is 0 Å². The molecule has 29 heavy (non-hydrogen) atoms. The predicted molar refractivity (Wildman–Crippen MR) is 116 cm³/mol. The normalized spacial score (nSPS) is 18.5. The summed E-state index contributed by atoms with van der Waals surface area (Å²) in [7, 11) is 0. The van der Waals surface area contributed by atoms with Gasteiger partial charge in [-0.05, 0) is 60.1 Å². The minimum Gasteiger partial charge on any atom is -0.352 e. The van der Waals surface area contributed by atoms with Crippen molar-refractivity contribution >= 4 is 40.3 Å². The van der Waals surface area contributed by atoms with Gasteiger partial charge < -0.3 is 15.5 Å². The lowest BCUT2D eigenvalue weighted by atomic mass is 10.0. The number of amides is 1. The molecule has 0 bridgehead atoms. The molecule has 2 atom stereocenters. The number of hydrogen-bond acceptors (Lipinski definition) is 4. The molecule has 1 saturated heterocycles. The Bertz CT molecular complexity index is 980. The second kappa shape index (κ2) is 8.67. The van der Waals surface area contributed by atoms with Gasteiger partial charge in [-0.1, -0.05) is 12.1 Å². The highest BCUT2D eigenvalue weighted by molar-refractivity contribution is 7.80. The van der Waals surface area contributed by atoms with E-state index < -0.39 is 0 Å². The summed E-state index contributed by atoms with van der Waals surface area (Å²) in [5.74, 6) is -0.485. The lowest BCUT2D eigenvalue weighted by Crippen LogP contribution is -2.32. The van der Waals surface area contributed by atoms with Crippen LogP contribution in [0.4, 0.5) is 10.1 Å². The largest absolute Gasteiger partial charge is 0.352 e. The van der Waals surface area contributed by atoms with E-state index in [-0.39, 0.29) is 30.2 Å². The summed E-state index contributed by atoms with van der Waals surface area (Å²) < 4.78 is 13.0. The zero-order chi connectivity index (χ0) is 20.2. The van der Waals surface area contributed by atoms with Gasteiger partial charge in [0.15, 0.2) is 5.11 Å². The summed E-state index contributed by atoms with van der Waals surface area (Å²) >= 11 is 7.24. The van der Waals surface area contributed by atoms with E-state index in [9.17, 15) is 9.18 Å². The van der Waals surface area contributed by atoms with Crippen LogP contribution in [0.2, 0.25) is 0 Å². The number of thiophene rings is 1. The van der Waals surface area contributed by atoms with E-state index in [1.807, 2.05) is 34.5 Å². The van der Waals surface area contributed by atoms with Gasteiger partial charge in [0.1, 0.15) is 5.82 Å². The van der Waals surface area contributed by atoms with Crippen molar-refractivity contribution in [3.8, 4) is 0 Å². The van der Waals surface area contributed by atoms with E-state index in [2.05, 4.69) is 21.7 Å². The molecule has 1 aromatic carbocycles. The maximum atomic E-state index is 13.0. The summed E-state index contributed by atoms with van der Waals surface area (Å²) in [6.07, 6.45) is 2.03. The number of nitrogens with one attached hydrogen (secondary N) is 2. The lowest BCUT2D eigenvalue weighted by Gasteiger charge is -2.26. The van der Waals surface area contributed by atoms with Crippen molar-refractivity contribution in [2.45, 2.75) is 18.5 Å². The number of pyridine rings is 1. The third-order valence-corrected chi connectivity index (χ3v) is 6.04. The summed E-state index contributed by atoms with van der Waals surface area (Å²) in [6.45, 7) is 0.463. The first-order valence-electron chi connectivity index (χ1n) is 9.19. The third-order valence-electron chi connectivity index (χ3n) is 4.74. The van der Waals surface area contributed by atoms with Crippen molar-refractivity contribution in [3.05, 3.63) is 82.6 Å². The van der Waals surface area contributed by atoms with E-state index in [0.717, 1.165) is 10.6 Å². The van der Waals surface area contributed by atoms with Gasteiger partial charge in [0.2, 0.25) is 5.91 Å². The van der Waals surface area contributed by atoms with Crippen LogP contribution in [0.1, 0.15) is 29.1 Å². The standard InChI is InChI=1S/C21H19FN4OS2/c22-14-6-8-15(9-7-14)24-18(27)10-12-26-20(17-5-3-13-29-17)19(25-21(26)28)16-4-1-2-11-23-16/h1-9,11,13,19-20H,10,12H2,(H,24,27)(H,25,28)/t19-,20-/m0/s1. The number of aromatic nitrogens is 1. The zero-order valence-corrected chi connectivity index (χ0v) is 17.0. The Balaban J connectivity index is 1.48. The molecule has 3 aromatic rings. The summed E-state index contributed by atoms with van der Waals surface area (Å²) in [5, 5.41) is 8.80. The molecule has 3 heterocycles. The SMILES string of the molecule is O=C(CCN1C(=S)N[C@@H](c2ccccn2)[C@@H]1c1cccs1)Nc1ccc(F)cc1. The van der Waals surface area contributed by atoms with Gasteiger partial charge in [-0.25, -0.2) is 4.39 Å². The number of carbonyl (C=O) groups excluding carboxylic acids is 1. The van der Waals surface area contributed by atoms with E-state index in [4.69, 9.17) is 12.2 Å². The van der Waals surface area contributed by atoms with Crippen LogP contribution in [0, 0.1) is 5.82 Å². The Morgan fingerprint density at radius 3 is 2.72 bits per heavy atom. The molecule has 1 aliphatic heterocycles. The number of nitrogens with zero attached hydrogens (tertiary/aromatic N) is 2. The average molecular weight is 427 g/mol. The number of anilines is 1. The van der Waals surface area contributed by atoms with Crippen LogP contribution in [-0.2, 0) is 4.79 Å². The molecule has 0 unspecified atom stereocenters. The number of carbonyl (C=O) groups is 1. The fraction of sp³-hybridized carbons (Fsp3) is 0.190. The number of benzene rings is 1. The highest BCUT2D eigenvalue weighted by Crippen LogP contribution is 2.40. The van der Waals surface area contributed by atoms with Gasteiger partial charge in [-0.15, -0.1) is 11.3 Å². The maximum Gasteiger partial charge on any atom is 0.226 e. The Morgan fingerprint density at radius 1 is 1.21 bits per heavy atom. The van der Waals surface area contributed by atoms with E-state index in [1.165, 1.54) is 12.1 Å².